The first-order valence-electron chi connectivity index (χ1n) is 5.92. The van der Waals surface area contributed by atoms with Gasteiger partial charge in [0.25, 0.3) is 0 Å². The van der Waals surface area contributed by atoms with E-state index in [4.69, 9.17) is 0 Å². The summed E-state index contributed by atoms with van der Waals surface area (Å²) in [5, 5.41) is 12.9. The average Bonchev–Trinajstić information content (AvgIpc) is 2.86. The van der Waals surface area contributed by atoms with Crippen LogP contribution in [0.2, 0.25) is 0 Å². The van der Waals surface area contributed by atoms with Gasteiger partial charge in [-0.15, -0.1) is 33.3 Å². The Labute approximate surface area is 116 Å². The van der Waals surface area contributed by atoms with Crippen LogP contribution >= 0.6 is 23.1 Å². The largest absolute Gasteiger partial charge is 0.367 e. The third-order valence-electron chi connectivity index (χ3n) is 2.69. The minimum atomic E-state index is 0.183. The van der Waals surface area contributed by atoms with Crippen molar-refractivity contribution < 1.29 is 0 Å². The molecule has 0 radical (unpaired) electrons. The first-order valence-corrected chi connectivity index (χ1v) is 7.85. The maximum atomic E-state index is 4.18. The molecule has 3 nitrogen and oxygen atoms in total. The van der Waals surface area contributed by atoms with E-state index in [0.717, 1.165) is 10.8 Å². The van der Waals surface area contributed by atoms with E-state index in [-0.39, 0.29) is 5.37 Å². The monoisotopic (exact) mass is 279 g/mol. The van der Waals surface area contributed by atoms with E-state index in [2.05, 4.69) is 54.5 Å². The number of hydrogen-bond acceptors (Lipinski definition) is 5. The lowest BCUT2D eigenvalue weighted by Gasteiger charge is -2.19. The van der Waals surface area contributed by atoms with Gasteiger partial charge in [-0.25, -0.2) is 0 Å². The summed E-state index contributed by atoms with van der Waals surface area (Å²) in [6.07, 6.45) is 0. The molecule has 1 aromatic carbocycles. The van der Waals surface area contributed by atoms with Crippen molar-refractivity contribution in [3.05, 3.63) is 39.8 Å². The van der Waals surface area contributed by atoms with Gasteiger partial charge in [0, 0.05) is 5.69 Å². The molecule has 96 valence electrons. The van der Waals surface area contributed by atoms with Crippen LogP contribution in [0.4, 0.5) is 5.69 Å². The van der Waals surface area contributed by atoms with Crippen LogP contribution in [0.25, 0.3) is 0 Å². The Kier molecular flexibility index (Phi) is 4.60. The smallest absolute Gasteiger partial charge is 0.149 e. The van der Waals surface area contributed by atoms with Crippen molar-refractivity contribution in [2.24, 2.45) is 0 Å². The molecule has 0 aliphatic heterocycles. The number of anilines is 1. The normalized spacial score (nSPS) is 12.4. The van der Waals surface area contributed by atoms with Gasteiger partial charge < -0.3 is 5.32 Å². The van der Waals surface area contributed by atoms with Gasteiger partial charge in [-0.1, -0.05) is 25.1 Å². The molecule has 18 heavy (non-hydrogen) atoms. The first-order chi connectivity index (χ1) is 8.72. The van der Waals surface area contributed by atoms with Crippen molar-refractivity contribution in [3.63, 3.8) is 0 Å². The van der Waals surface area contributed by atoms with Crippen LogP contribution in [0.1, 0.15) is 28.4 Å². The van der Waals surface area contributed by atoms with Crippen molar-refractivity contribution in [2.75, 3.05) is 11.1 Å². The Morgan fingerprint density at radius 3 is 2.61 bits per heavy atom. The molecule has 2 rings (SSSR count). The Bertz CT molecular complexity index is 477. The van der Waals surface area contributed by atoms with Crippen molar-refractivity contribution in [1.82, 2.24) is 10.2 Å². The van der Waals surface area contributed by atoms with Crippen LogP contribution in [0.3, 0.4) is 0 Å². The van der Waals surface area contributed by atoms with Gasteiger partial charge in [0.05, 0.1) is 0 Å². The van der Waals surface area contributed by atoms with Crippen LogP contribution in [-0.4, -0.2) is 16.0 Å². The number of aromatic nitrogens is 2. The zero-order valence-electron chi connectivity index (χ0n) is 10.8. The summed E-state index contributed by atoms with van der Waals surface area (Å²) in [7, 11) is 0. The lowest BCUT2D eigenvalue weighted by molar-refractivity contribution is 0.971. The highest BCUT2D eigenvalue weighted by Crippen LogP contribution is 2.33. The van der Waals surface area contributed by atoms with Gasteiger partial charge in [0.2, 0.25) is 0 Å². The molecule has 0 saturated carbocycles. The highest BCUT2D eigenvalue weighted by atomic mass is 32.2. The third-order valence-corrected chi connectivity index (χ3v) is 4.61. The molecule has 0 spiro atoms. The molecule has 2 aromatic rings. The summed E-state index contributed by atoms with van der Waals surface area (Å²) in [5.41, 5.74) is 5.52. The molecule has 0 unspecified atom stereocenters. The SMILES string of the molecule is CCS[C@H](Nc1c(C)cccc1C)c1nncs1. The highest BCUT2D eigenvalue weighted by molar-refractivity contribution is 7.99. The van der Waals surface area contributed by atoms with Crippen LogP contribution in [0.5, 0.6) is 0 Å². The van der Waals surface area contributed by atoms with Gasteiger partial charge >= 0.3 is 0 Å². The fourth-order valence-electron chi connectivity index (χ4n) is 1.81. The second-order valence-corrected chi connectivity index (χ2v) is 6.27. The number of hydrogen-bond donors (Lipinski definition) is 1. The Balaban J connectivity index is 2.24. The molecular formula is C13H17N3S2. The maximum Gasteiger partial charge on any atom is 0.149 e. The number of aryl methyl sites for hydroxylation is 2. The molecule has 1 heterocycles. The van der Waals surface area contributed by atoms with Gasteiger partial charge in [0.1, 0.15) is 15.9 Å². The summed E-state index contributed by atoms with van der Waals surface area (Å²) in [5.74, 6) is 1.04. The molecule has 0 saturated heterocycles. The maximum absolute atomic E-state index is 4.18. The van der Waals surface area contributed by atoms with E-state index < -0.39 is 0 Å². The zero-order chi connectivity index (χ0) is 13.0. The molecule has 5 heteroatoms. The fraction of sp³-hybridized carbons (Fsp3) is 0.385. The van der Waals surface area contributed by atoms with Crippen molar-refractivity contribution in [3.8, 4) is 0 Å². The van der Waals surface area contributed by atoms with E-state index in [0.29, 0.717) is 0 Å². The number of nitrogens with zero attached hydrogens (tertiary/aromatic N) is 2. The Morgan fingerprint density at radius 2 is 2.06 bits per heavy atom. The molecule has 1 aromatic heterocycles. The summed E-state index contributed by atoms with van der Waals surface area (Å²) < 4.78 is 0. The lowest BCUT2D eigenvalue weighted by atomic mass is 10.1. The van der Waals surface area contributed by atoms with Crippen LogP contribution < -0.4 is 5.32 Å². The zero-order valence-corrected chi connectivity index (χ0v) is 12.4. The van der Waals surface area contributed by atoms with Gasteiger partial charge in [0.15, 0.2) is 0 Å². The summed E-state index contributed by atoms with van der Waals surface area (Å²) in [6, 6.07) is 6.34. The molecule has 1 atom stereocenters. The first kappa shape index (κ1) is 13.4. The highest BCUT2D eigenvalue weighted by Gasteiger charge is 2.16. The van der Waals surface area contributed by atoms with Crippen molar-refractivity contribution in [2.45, 2.75) is 26.1 Å². The predicted octanol–water partition coefficient (Wildman–Crippen LogP) is 4.02. The lowest BCUT2D eigenvalue weighted by Crippen LogP contribution is -2.09. The molecule has 0 bridgehead atoms. The molecule has 0 aliphatic rings. The Morgan fingerprint density at radius 1 is 1.33 bits per heavy atom. The fourth-order valence-corrected chi connectivity index (χ4v) is 3.38. The van der Waals surface area contributed by atoms with Gasteiger partial charge in [-0.05, 0) is 30.7 Å². The van der Waals surface area contributed by atoms with E-state index in [9.17, 15) is 0 Å². The second-order valence-electron chi connectivity index (χ2n) is 4.02. The Hall–Kier alpha value is -1.07. The number of benzene rings is 1. The van der Waals surface area contributed by atoms with Gasteiger partial charge in [-0.3, -0.25) is 0 Å². The molecule has 0 aliphatic carbocycles. The van der Waals surface area contributed by atoms with Crippen molar-refractivity contribution >= 4 is 28.8 Å². The number of para-hydroxylation sites is 1. The standard InChI is InChI=1S/C13H17N3S2/c1-4-17-12(13-16-14-8-18-13)15-11-9(2)6-5-7-10(11)3/h5-8,12,15H,4H2,1-3H3/t12-/m0/s1. The number of nitrogens with one attached hydrogen (secondary N) is 1. The quantitative estimate of drug-likeness (QED) is 0.839. The molecule has 1 N–H and O–H groups in total. The predicted molar refractivity (Wildman–Crippen MR) is 80.3 cm³/mol. The van der Waals surface area contributed by atoms with Crippen LogP contribution in [-0.2, 0) is 0 Å². The molecular weight excluding hydrogens is 262 g/mol. The second kappa shape index (κ2) is 6.20. The molecule has 0 fully saturated rings. The van der Waals surface area contributed by atoms with Crippen molar-refractivity contribution in [1.29, 1.82) is 0 Å². The average molecular weight is 279 g/mol. The van der Waals surface area contributed by atoms with E-state index in [1.54, 1.807) is 16.8 Å². The van der Waals surface area contributed by atoms with Crippen LogP contribution in [0.15, 0.2) is 23.7 Å². The summed E-state index contributed by atoms with van der Waals surface area (Å²) in [4.78, 5) is 0. The van der Waals surface area contributed by atoms with E-state index in [1.165, 1.54) is 16.8 Å². The molecule has 0 amide bonds. The number of thioether (sulfide) groups is 1. The van der Waals surface area contributed by atoms with E-state index in [1.807, 2.05) is 11.8 Å². The van der Waals surface area contributed by atoms with E-state index >= 15 is 0 Å². The third kappa shape index (κ3) is 3.03. The minimum absolute atomic E-state index is 0.183. The minimum Gasteiger partial charge on any atom is -0.367 e. The number of rotatable bonds is 5. The van der Waals surface area contributed by atoms with Gasteiger partial charge in [-0.2, -0.15) is 0 Å². The topological polar surface area (TPSA) is 37.8 Å². The van der Waals surface area contributed by atoms with Crippen LogP contribution in [0, 0.1) is 13.8 Å². The summed E-state index contributed by atoms with van der Waals surface area (Å²) >= 11 is 3.44. The summed E-state index contributed by atoms with van der Waals surface area (Å²) in [6.45, 7) is 6.41.